The van der Waals surface area contributed by atoms with Gasteiger partial charge in [0.1, 0.15) is 0 Å². The maximum absolute atomic E-state index is 10.8. The fourth-order valence-corrected chi connectivity index (χ4v) is 1.51. The number of aromatic carboxylic acids is 1. The van der Waals surface area contributed by atoms with Crippen molar-refractivity contribution >= 4 is 5.97 Å². The first-order chi connectivity index (χ1) is 8.65. The van der Waals surface area contributed by atoms with Gasteiger partial charge in [-0.15, -0.1) is 0 Å². The predicted molar refractivity (Wildman–Crippen MR) is 70.6 cm³/mol. The summed E-state index contributed by atoms with van der Waals surface area (Å²) in [6.45, 7) is 2.02. The van der Waals surface area contributed by atoms with E-state index in [4.69, 9.17) is 5.11 Å². The molecule has 88 valence electrons. The zero-order chi connectivity index (χ0) is 13.0. The van der Waals surface area contributed by atoms with Crippen LogP contribution < -0.4 is 0 Å². The second-order valence-electron chi connectivity index (χ2n) is 4.00. The molecule has 0 radical (unpaired) electrons. The molecule has 0 aliphatic rings. The molecular formula is C16H12O2. The van der Waals surface area contributed by atoms with Crippen molar-refractivity contribution in [1.82, 2.24) is 0 Å². The molecule has 0 aliphatic carbocycles. The minimum absolute atomic E-state index is 0.255. The summed E-state index contributed by atoms with van der Waals surface area (Å²) in [6, 6.07) is 14.5. The third kappa shape index (κ3) is 2.99. The summed E-state index contributed by atoms with van der Waals surface area (Å²) in [4.78, 5) is 10.8. The van der Waals surface area contributed by atoms with Gasteiger partial charge in [0.15, 0.2) is 0 Å². The standard InChI is InChI=1S/C16H12O2/c1-12-5-7-13(8-6-12)9-10-14-3-2-4-15(11-14)16(17)18/h2-8,11H,1H3,(H,17,18). The molecule has 2 heteroatoms. The number of carboxylic acids is 1. The zero-order valence-electron chi connectivity index (χ0n) is 9.97. The summed E-state index contributed by atoms with van der Waals surface area (Å²) in [5.74, 6) is 5.04. The van der Waals surface area contributed by atoms with Crippen LogP contribution in [0.4, 0.5) is 0 Å². The molecule has 0 saturated heterocycles. The highest BCUT2D eigenvalue weighted by atomic mass is 16.4. The number of benzene rings is 2. The van der Waals surface area contributed by atoms with Crippen molar-refractivity contribution in [1.29, 1.82) is 0 Å². The van der Waals surface area contributed by atoms with E-state index in [0.29, 0.717) is 5.56 Å². The Morgan fingerprint density at radius 1 is 1.00 bits per heavy atom. The topological polar surface area (TPSA) is 37.3 Å². The van der Waals surface area contributed by atoms with Crippen molar-refractivity contribution in [2.75, 3.05) is 0 Å². The minimum Gasteiger partial charge on any atom is -0.478 e. The molecule has 2 rings (SSSR count). The van der Waals surface area contributed by atoms with Gasteiger partial charge in [0.05, 0.1) is 5.56 Å². The second-order valence-corrected chi connectivity index (χ2v) is 4.00. The van der Waals surface area contributed by atoms with Crippen LogP contribution in [0.5, 0.6) is 0 Å². The van der Waals surface area contributed by atoms with Gasteiger partial charge in [0, 0.05) is 11.1 Å². The van der Waals surface area contributed by atoms with Gasteiger partial charge in [-0.1, -0.05) is 35.6 Å². The molecular weight excluding hydrogens is 224 g/mol. The number of hydrogen-bond acceptors (Lipinski definition) is 1. The molecule has 0 fully saturated rings. The largest absolute Gasteiger partial charge is 0.478 e. The average Bonchev–Trinajstić information content (AvgIpc) is 2.38. The van der Waals surface area contributed by atoms with Crippen molar-refractivity contribution in [3.63, 3.8) is 0 Å². The van der Waals surface area contributed by atoms with Gasteiger partial charge in [-0.3, -0.25) is 0 Å². The molecule has 0 aromatic heterocycles. The Morgan fingerprint density at radius 3 is 2.33 bits per heavy atom. The van der Waals surface area contributed by atoms with Gasteiger partial charge in [0.2, 0.25) is 0 Å². The minimum atomic E-state index is -0.936. The van der Waals surface area contributed by atoms with E-state index in [0.717, 1.165) is 5.56 Å². The molecule has 0 unspecified atom stereocenters. The molecule has 2 aromatic rings. The fourth-order valence-electron chi connectivity index (χ4n) is 1.51. The van der Waals surface area contributed by atoms with E-state index in [1.54, 1.807) is 24.3 Å². The van der Waals surface area contributed by atoms with E-state index in [9.17, 15) is 4.79 Å². The molecule has 0 bridgehead atoms. The van der Waals surface area contributed by atoms with Crippen molar-refractivity contribution in [3.8, 4) is 11.8 Å². The van der Waals surface area contributed by atoms with Crippen LogP contribution in [-0.4, -0.2) is 11.1 Å². The lowest BCUT2D eigenvalue weighted by Gasteiger charge is -1.95. The molecule has 2 nitrogen and oxygen atoms in total. The first-order valence-electron chi connectivity index (χ1n) is 5.57. The number of rotatable bonds is 1. The lowest BCUT2D eigenvalue weighted by molar-refractivity contribution is 0.0697. The normalized spacial score (nSPS) is 9.39. The maximum atomic E-state index is 10.8. The lowest BCUT2D eigenvalue weighted by atomic mass is 10.1. The molecule has 0 spiro atoms. The van der Waals surface area contributed by atoms with E-state index < -0.39 is 5.97 Å². The van der Waals surface area contributed by atoms with Crippen LogP contribution in [0.2, 0.25) is 0 Å². The molecule has 0 heterocycles. The van der Waals surface area contributed by atoms with Crippen molar-refractivity contribution < 1.29 is 9.90 Å². The van der Waals surface area contributed by atoms with E-state index in [1.165, 1.54) is 5.56 Å². The Hall–Kier alpha value is -2.53. The van der Waals surface area contributed by atoms with Crippen molar-refractivity contribution in [2.24, 2.45) is 0 Å². The predicted octanol–water partition coefficient (Wildman–Crippen LogP) is 3.09. The van der Waals surface area contributed by atoms with Crippen LogP contribution in [0.1, 0.15) is 27.0 Å². The summed E-state index contributed by atoms with van der Waals surface area (Å²) in [7, 11) is 0. The van der Waals surface area contributed by atoms with E-state index in [2.05, 4.69) is 11.8 Å². The van der Waals surface area contributed by atoms with Crippen molar-refractivity contribution in [3.05, 3.63) is 70.8 Å². The van der Waals surface area contributed by atoms with Crippen LogP contribution in [0.15, 0.2) is 48.5 Å². The number of carboxylic acid groups (broad SMARTS) is 1. The van der Waals surface area contributed by atoms with Crippen LogP contribution in [-0.2, 0) is 0 Å². The summed E-state index contributed by atoms with van der Waals surface area (Å²) >= 11 is 0. The Morgan fingerprint density at radius 2 is 1.67 bits per heavy atom. The quantitative estimate of drug-likeness (QED) is 0.772. The smallest absolute Gasteiger partial charge is 0.335 e. The molecule has 0 saturated carbocycles. The van der Waals surface area contributed by atoms with Gasteiger partial charge in [0.25, 0.3) is 0 Å². The summed E-state index contributed by atoms with van der Waals surface area (Å²) in [5, 5.41) is 8.88. The Bertz CT molecular complexity index is 628. The summed E-state index contributed by atoms with van der Waals surface area (Å²) < 4.78 is 0. The molecule has 18 heavy (non-hydrogen) atoms. The molecule has 0 aliphatic heterocycles. The second kappa shape index (κ2) is 5.20. The van der Waals surface area contributed by atoms with E-state index in [1.807, 2.05) is 31.2 Å². The lowest BCUT2D eigenvalue weighted by Crippen LogP contribution is -1.95. The summed E-state index contributed by atoms with van der Waals surface area (Å²) in [5.41, 5.74) is 3.07. The first kappa shape index (κ1) is 11.9. The number of carbonyl (C=O) groups is 1. The third-order valence-electron chi connectivity index (χ3n) is 2.51. The zero-order valence-corrected chi connectivity index (χ0v) is 9.97. The Kier molecular flexibility index (Phi) is 3.45. The highest BCUT2D eigenvalue weighted by Gasteiger charge is 2.01. The third-order valence-corrected chi connectivity index (χ3v) is 2.51. The summed E-state index contributed by atoms with van der Waals surface area (Å²) in [6.07, 6.45) is 0. The van der Waals surface area contributed by atoms with Gasteiger partial charge >= 0.3 is 5.97 Å². The molecule has 0 amide bonds. The fraction of sp³-hybridized carbons (Fsp3) is 0.0625. The van der Waals surface area contributed by atoms with Crippen LogP contribution in [0.3, 0.4) is 0 Å². The SMILES string of the molecule is Cc1ccc(C#Cc2cccc(C(=O)O)c2)cc1. The first-order valence-corrected chi connectivity index (χ1v) is 5.57. The molecule has 0 atom stereocenters. The van der Waals surface area contributed by atoms with Crippen LogP contribution >= 0.6 is 0 Å². The number of aryl methyl sites for hydroxylation is 1. The van der Waals surface area contributed by atoms with Crippen LogP contribution in [0, 0.1) is 18.8 Å². The highest BCUT2D eigenvalue weighted by molar-refractivity contribution is 5.88. The van der Waals surface area contributed by atoms with E-state index in [-0.39, 0.29) is 5.56 Å². The number of hydrogen-bond donors (Lipinski definition) is 1. The van der Waals surface area contributed by atoms with E-state index >= 15 is 0 Å². The Balaban J connectivity index is 2.27. The van der Waals surface area contributed by atoms with Gasteiger partial charge in [-0.05, 0) is 37.3 Å². The Labute approximate surface area is 106 Å². The van der Waals surface area contributed by atoms with Gasteiger partial charge in [-0.25, -0.2) is 4.79 Å². The van der Waals surface area contributed by atoms with Gasteiger partial charge < -0.3 is 5.11 Å². The highest BCUT2D eigenvalue weighted by Crippen LogP contribution is 2.05. The monoisotopic (exact) mass is 236 g/mol. The van der Waals surface area contributed by atoms with Crippen LogP contribution in [0.25, 0.3) is 0 Å². The van der Waals surface area contributed by atoms with Crippen molar-refractivity contribution in [2.45, 2.75) is 6.92 Å². The molecule has 2 aromatic carbocycles. The molecule has 1 N–H and O–H groups in total. The van der Waals surface area contributed by atoms with Gasteiger partial charge in [-0.2, -0.15) is 0 Å². The average molecular weight is 236 g/mol. The maximum Gasteiger partial charge on any atom is 0.335 e.